The quantitative estimate of drug-likeness (QED) is 0.800. The zero-order chi connectivity index (χ0) is 11.3. The minimum Gasteiger partial charge on any atom is -0.347 e. The summed E-state index contributed by atoms with van der Waals surface area (Å²) in [5.41, 5.74) is 7.00. The van der Waals surface area contributed by atoms with Crippen LogP contribution in [0.1, 0.15) is 12.0 Å². The molecule has 0 aliphatic heterocycles. The highest BCUT2D eigenvalue weighted by atomic mass is 16.2. The van der Waals surface area contributed by atoms with Crippen molar-refractivity contribution in [1.82, 2.24) is 4.90 Å². The molecule has 15 heavy (non-hydrogen) atoms. The van der Waals surface area contributed by atoms with E-state index >= 15 is 0 Å². The molecule has 1 aromatic rings. The van der Waals surface area contributed by atoms with E-state index in [0.29, 0.717) is 6.42 Å². The molecule has 0 saturated carbocycles. The lowest BCUT2D eigenvalue weighted by Gasteiger charge is -2.16. The van der Waals surface area contributed by atoms with Gasteiger partial charge in [-0.2, -0.15) is 0 Å². The Kier molecular flexibility index (Phi) is 4.31. The normalized spacial score (nSPS) is 12.2. The molecule has 82 valence electrons. The fourth-order valence-corrected chi connectivity index (χ4v) is 1.42. The lowest BCUT2D eigenvalue weighted by atomic mass is 10.1. The van der Waals surface area contributed by atoms with Crippen LogP contribution in [0, 0.1) is 0 Å². The highest BCUT2D eigenvalue weighted by molar-refractivity contribution is 5.81. The van der Waals surface area contributed by atoms with Gasteiger partial charge in [0.05, 0.1) is 6.04 Å². The molecule has 0 aliphatic rings. The van der Waals surface area contributed by atoms with Gasteiger partial charge in [0, 0.05) is 14.1 Å². The molecule has 0 radical (unpaired) electrons. The second-order valence-electron chi connectivity index (χ2n) is 3.86. The van der Waals surface area contributed by atoms with Crippen LogP contribution in [-0.4, -0.2) is 30.9 Å². The molecule has 1 unspecified atom stereocenters. The summed E-state index contributed by atoms with van der Waals surface area (Å²) in [4.78, 5) is 13.0. The minimum absolute atomic E-state index is 0.00840. The van der Waals surface area contributed by atoms with Crippen LogP contribution in [0.25, 0.3) is 0 Å². The van der Waals surface area contributed by atoms with E-state index in [1.807, 2.05) is 30.3 Å². The van der Waals surface area contributed by atoms with Crippen molar-refractivity contribution in [2.45, 2.75) is 18.9 Å². The fourth-order valence-electron chi connectivity index (χ4n) is 1.42. The lowest BCUT2D eigenvalue weighted by Crippen LogP contribution is -2.40. The van der Waals surface area contributed by atoms with Gasteiger partial charge in [-0.25, -0.2) is 0 Å². The average molecular weight is 206 g/mol. The third-order valence-corrected chi connectivity index (χ3v) is 2.34. The summed E-state index contributed by atoms with van der Waals surface area (Å²) in [6.07, 6.45) is 1.54. The highest BCUT2D eigenvalue weighted by Gasteiger charge is 2.14. The van der Waals surface area contributed by atoms with Gasteiger partial charge in [-0.15, -0.1) is 0 Å². The lowest BCUT2D eigenvalue weighted by molar-refractivity contribution is -0.130. The Labute approximate surface area is 90.9 Å². The average Bonchev–Trinajstić information content (AvgIpc) is 2.26. The van der Waals surface area contributed by atoms with Crippen molar-refractivity contribution in [2.24, 2.45) is 5.73 Å². The van der Waals surface area contributed by atoms with Crippen molar-refractivity contribution in [3.63, 3.8) is 0 Å². The summed E-state index contributed by atoms with van der Waals surface area (Å²) < 4.78 is 0. The summed E-state index contributed by atoms with van der Waals surface area (Å²) in [6.45, 7) is 0. The van der Waals surface area contributed by atoms with Gasteiger partial charge in [0.1, 0.15) is 0 Å². The Hall–Kier alpha value is -1.35. The van der Waals surface area contributed by atoms with Gasteiger partial charge in [-0.1, -0.05) is 30.3 Å². The summed E-state index contributed by atoms with van der Waals surface area (Å²) in [6, 6.07) is 9.68. The van der Waals surface area contributed by atoms with E-state index in [-0.39, 0.29) is 11.9 Å². The van der Waals surface area contributed by atoms with Gasteiger partial charge in [0.25, 0.3) is 0 Å². The van der Waals surface area contributed by atoms with Gasteiger partial charge in [0.15, 0.2) is 0 Å². The zero-order valence-corrected chi connectivity index (χ0v) is 9.31. The summed E-state index contributed by atoms with van der Waals surface area (Å²) in [5.74, 6) is -0.00840. The molecule has 0 spiro atoms. The largest absolute Gasteiger partial charge is 0.347 e. The number of benzene rings is 1. The fraction of sp³-hybridized carbons (Fsp3) is 0.417. The molecule has 0 saturated heterocycles. The van der Waals surface area contributed by atoms with Crippen molar-refractivity contribution in [3.8, 4) is 0 Å². The molecule has 2 N–H and O–H groups in total. The van der Waals surface area contributed by atoms with Crippen molar-refractivity contribution < 1.29 is 4.79 Å². The van der Waals surface area contributed by atoms with E-state index in [4.69, 9.17) is 5.73 Å². The first-order valence-electron chi connectivity index (χ1n) is 5.12. The Balaban J connectivity index is 2.41. The number of likely N-dealkylation sites (N-methyl/N-ethyl adjacent to an activating group) is 1. The van der Waals surface area contributed by atoms with Crippen molar-refractivity contribution in [2.75, 3.05) is 14.1 Å². The van der Waals surface area contributed by atoms with Crippen LogP contribution >= 0.6 is 0 Å². The number of rotatable bonds is 4. The Morgan fingerprint density at radius 3 is 2.47 bits per heavy atom. The standard InChI is InChI=1S/C12H18N2O/c1-14(2)12(15)11(13)9-8-10-6-4-3-5-7-10/h3-7,11H,8-9,13H2,1-2H3. The third kappa shape index (κ3) is 3.72. The van der Waals surface area contributed by atoms with Crippen LogP contribution in [0.5, 0.6) is 0 Å². The molecule has 0 heterocycles. The van der Waals surface area contributed by atoms with Crippen LogP contribution in [0.4, 0.5) is 0 Å². The molecular formula is C12H18N2O. The van der Waals surface area contributed by atoms with E-state index in [1.54, 1.807) is 14.1 Å². The Morgan fingerprint density at radius 2 is 1.93 bits per heavy atom. The maximum absolute atomic E-state index is 11.5. The number of carbonyl (C=O) groups is 1. The molecule has 0 aromatic heterocycles. The number of aryl methyl sites for hydroxylation is 1. The second kappa shape index (κ2) is 5.51. The molecule has 3 heteroatoms. The van der Waals surface area contributed by atoms with Gasteiger partial charge >= 0.3 is 0 Å². The minimum atomic E-state index is -0.389. The first kappa shape index (κ1) is 11.7. The predicted octanol–water partition coefficient (Wildman–Crippen LogP) is 1.03. The van der Waals surface area contributed by atoms with E-state index in [2.05, 4.69) is 0 Å². The number of amides is 1. The predicted molar refractivity (Wildman–Crippen MR) is 61.4 cm³/mol. The van der Waals surface area contributed by atoms with Crippen LogP contribution in [0.3, 0.4) is 0 Å². The van der Waals surface area contributed by atoms with Crippen LogP contribution in [0.15, 0.2) is 30.3 Å². The zero-order valence-electron chi connectivity index (χ0n) is 9.31. The number of carbonyl (C=O) groups excluding carboxylic acids is 1. The van der Waals surface area contributed by atoms with E-state index in [1.165, 1.54) is 10.5 Å². The van der Waals surface area contributed by atoms with Crippen molar-refractivity contribution >= 4 is 5.91 Å². The number of nitrogens with zero attached hydrogens (tertiary/aromatic N) is 1. The summed E-state index contributed by atoms with van der Waals surface area (Å²) in [5, 5.41) is 0. The summed E-state index contributed by atoms with van der Waals surface area (Å²) in [7, 11) is 3.45. The van der Waals surface area contributed by atoms with Crippen molar-refractivity contribution in [3.05, 3.63) is 35.9 Å². The van der Waals surface area contributed by atoms with Gasteiger partial charge in [-0.3, -0.25) is 4.79 Å². The van der Waals surface area contributed by atoms with Crippen LogP contribution in [0.2, 0.25) is 0 Å². The molecule has 0 fully saturated rings. The second-order valence-corrected chi connectivity index (χ2v) is 3.86. The van der Waals surface area contributed by atoms with E-state index < -0.39 is 0 Å². The smallest absolute Gasteiger partial charge is 0.238 e. The molecular weight excluding hydrogens is 188 g/mol. The van der Waals surface area contributed by atoms with Crippen LogP contribution < -0.4 is 5.73 Å². The molecule has 3 nitrogen and oxygen atoms in total. The maximum atomic E-state index is 11.5. The number of nitrogens with two attached hydrogens (primary N) is 1. The summed E-state index contributed by atoms with van der Waals surface area (Å²) >= 11 is 0. The first-order valence-corrected chi connectivity index (χ1v) is 5.12. The maximum Gasteiger partial charge on any atom is 0.238 e. The molecule has 1 rings (SSSR count). The van der Waals surface area contributed by atoms with Gasteiger partial charge in [-0.05, 0) is 18.4 Å². The number of hydrogen-bond donors (Lipinski definition) is 1. The van der Waals surface area contributed by atoms with E-state index in [0.717, 1.165) is 6.42 Å². The monoisotopic (exact) mass is 206 g/mol. The topological polar surface area (TPSA) is 46.3 Å². The third-order valence-electron chi connectivity index (χ3n) is 2.34. The van der Waals surface area contributed by atoms with Gasteiger partial charge in [0.2, 0.25) is 5.91 Å². The molecule has 1 atom stereocenters. The van der Waals surface area contributed by atoms with Crippen LogP contribution in [-0.2, 0) is 11.2 Å². The number of hydrogen-bond acceptors (Lipinski definition) is 2. The molecule has 0 bridgehead atoms. The molecule has 1 aromatic carbocycles. The first-order chi connectivity index (χ1) is 7.11. The Bertz CT molecular complexity index is 309. The highest BCUT2D eigenvalue weighted by Crippen LogP contribution is 2.04. The molecule has 1 amide bonds. The van der Waals surface area contributed by atoms with Gasteiger partial charge < -0.3 is 10.6 Å². The van der Waals surface area contributed by atoms with Crippen molar-refractivity contribution in [1.29, 1.82) is 0 Å². The molecule has 0 aliphatic carbocycles. The SMILES string of the molecule is CN(C)C(=O)C(N)CCc1ccccc1. The van der Waals surface area contributed by atoms with E-state index in [9.17, 15) is 4.79 Å². The Morgan fingerprint density at radius 1 is 1.33 bits per heavy atom.